The third kappa shape index (κ3) is 4.38. The lowest BCUT2D eigenvalue weighted by atomic mass is 10.2. The second kappa shape index (κ2) is 5.52. The molecule has 1 rings (SSSR count). The molecule has 1 aromatic rings. The Morgan fingerprint density at radius 2 is 1.94 bits per heavy atom. The molecule has 16 heavy (non-hydrogen) atoms. The fourth-order valence-corrected chi connectivity index (χ4v) is 2.73. The van der Waals surface area contributed by atoms with E-state index in [2.05, 4.69) is 4.72 Å². The van der Waals surface area contributed by atoms with Crippen molar-refractivity contribution in [2.75, 3.05) is 17.1 Å². The van der Waals surface area contributed by atoms with Crippen LogP contribution in [0.2, 0.25) is 5.02 Å². The summed E-state index contributed by atoms with van der Waals surface area (Å²) in [5, 5.41) is 9.34. The van der Waals surface area contributed by atoms with Crippen LogP contribution >= 0.6 is 11.6 Å². The summed E-state index contributed by atoms with van der Waals surface area (Å²) in [6.45, 7) is 1.52. The first-order valence-corrected chi connectivity index (χ1v) is 6.83. The Hall–Kier alpha value is -0.780. The van der Waals surface area contributed by atoms with Crippen molar-refractivity contribution in [3.05, 3.63) is 29.3 Å². The topological polar surface area (TPSA) is 66.4 Å². The Kier molecular flexibility index (Phi) is 4.58. The SMILES string of the molecule is CC(CO)CS(=O)(=O)Nc1ccc(Cl)cc1. The zero-order valence-electron chi connectivity index (χ0n) is 8.85. The second-order valence-corrected chi connectivity index (χ2v) is 5.88. The van der Waals surface area contributed by atoms with Crippen LogP contribution < -0.4 is 4.72 Å². The average Bonchev–Trinajstić information content (AvgIpc) is 2.20. The fourth-order valence-electron chi connectivity index (χ4n) is 1.17. The minimum atomic E-state index is -3.41. The molecule has 2 N–H and O–H groups in total. The van der Waals surface area contributed by atoms with Crippen LogP contribution in [-0.4, -0.2) is 25.9 Å². The van der Waals surface area contributed by atoms with E-state index in [9.17, 15) is 8.42 Å². The standard InChI is InChI=1S/C10H14ClNO3S/c1-8(6-13)7-16(14,15)12-10-4-2-9(11)3-5-10/h2-5,8,12-13H,6-7H2,1H3. The molecule has 0 aromatic heterocycles. The molecule has 4 nitrogen and oxygen atoms in total. The molecule has 6 heteroatoms. The molecule has 1 atom stereocenters. The van der Waals surface area contributed by atoms with E-state index >= 15 is 0 Å². The van der Waals surface area contributed by atoms with E-state index in [1.54, 1.807) is 31.2 Å². The van der Waals surface area contributed by atoms with Gasteiger partial charge in [-0.1, -0.05) is 18.5 Å². The van der Waals surface area contributed by atoms with Crippen LogP contribution in [0, 0.1) is 5.92 Å². The van der Waals surface area contributed by atoms with Crippen molar-refractivity contribution in [2.45, 2.75) is 6.92 Å². The molecule has 0 fully saturated rings. The van der Waals surface area contributed by atoms with Crippen LogP contribution in [-0.2, 0) is 10.0 Å². The van der Waals surface area contributed by atoms with E-state index in [0.717, 1.165) is 0 Å². The maximum atomic E-state index is 11.6. The summed E-state index contributed by atoms with van der Waals surface area (Å²) in [7, 11) is -3.41. The molecule has 0 spiro atoms. The number of hydrogen-bond donors (Lipinski definition) is 2. The molecular weight excluding hydrogens is 250 g/mol. The molecule has 1 aromatic carbocycles. The first-order chi connectivity index (χ1) is 7.43. The largest absolute Gasteiger partial charge is 0.396 e. The monoisotopic (exact) mass is 263 g/mol. The summed E-state index contributed by atoms with van der Waals surface area (Å²) in [5.74, 6) is -0.392. The first kappa shape index (κ1) is 13.3. The molecule has 1 unspecified atom stereocenters. The lowest BCUT2D eigenvalue weighted by Crippen LogP contribution is -2.23. The molecule has 0 bridgehead atoms. The van der Waals surface area contributed by atoms with Gasteiger partial charge in [0.15, 0.2) is 0 Å². The Labute approximate surface area is 100 Å². The van der Waals surface area contributed by atoms with E-state index in [-0.39, 0.29) is 18.3 Å². The third-order valence-electron chi connectivity index (χ3n) is 1.93. The van der Waals surface area contributed by atoms with E-state index < -0.39 is 10.0 Å². The summed E-state index contributed by atoms with van der Waals surface area (Å²) in [4.78, 5) is 0. The van der Waals surface area contributed by atoms with Crippen LogP contribution in [0.15, 0.2) is 24.3 Å². The zero-order chi connectivity index (χ0) is 12.2. The number of benzene rings is 1. The molecule has 0 aliphatic heterocycles. The van der Waals surface area contributed by atoms with Crippen LogP contribution in [0.4, 0.5) is 5.69 Å². The minimum Gasteiger partial charge on any atom is -0.396 e. The van der Waals surface area contributed by atoms with Crippen LogP contribution in [0.5, 0.6) is 0 Å². The smallest absolute Gasteiger partial charge is 0.233 e. The second-order valence-electron chi connectivity index (χ2n) is 3.68. The van der Waals surface area contributed by atoms with Crippen molar-refractivity contribution in [1.29, 1.82) is 0 Å². The average molecular weight is 264 g/mol. The summed E-state index contributed by atoms with van der Waals surface area (Å²) in [6.07, 6.45) is 0. The molecular formula is C10H14ClNO3S. The van der Waals surface area contributed by atoms with Gasteiger partial charge in [0.05, 0.1) is 5.75 Å². The maximum Gasteiger partial charge on any atom is 0.233 e. The molecule has 0 amide bonds. The lowest BCUT2D eigenvalue weighted by molar-refractivity contribution is 0.249. The predicted octanol–water partition coefficient (Wildman–Crippen LogP) is 1.71. The highest BCUT2D eigenvalue weighted by atomic mass is 35.5. The number of aliphatic hydroxyl groups excluding tert-OH is 1. The van der Waals surface area contributed by atoms with Gasteiger partial charge >= 0.3 is 0 Å². The van der Waals surface area contributed by atoms with E-state index in [4.69, 9.17) is 16.7 Å². The van der Waals surface area contributed by atoms with Crippen molar-refractivity contribution < 1.29 is 13.5 Å². The minimum absolute atomic E-state index is 0.105. The number of aliphatic hydroxyl groups is 1. The number of halogens is 1. The Morgan fingerprint density at radius 3 is 2.44 bits per heavy atom. The molecule has 0 aliphatic carbocycles. The number of sulfonamides is 1. The molecule has 0 saturated carbocycles. The molecule has 0 heterocycles. The van der Waals surface area contributed by atoms with Gasteiger partial charge in [0.2, 0.25) is 10.0 Å². The van der Waals surface area contributed by atoms with Gasteiger partial charge in [0, 0.05) is 17.3 Å². The van der Waals surface area contributed by atoms with E-state index in [0.29, 0.717) is 10.7 Å². The molecule has 90 valence electrons. The van der Waals surface area contributed by atoms with Crippen molar-refractivity contribution in [2.24, 2.45) is 5.92 Å². The molecule has 0 saturated heterocycles. The Morgan fingerprint density at radius 1 is 1.38 bits per heavy atom. The maximum absolute atomic E-state index is 11.6. The van der Waals surface area contributed by atoms with Crippen LogP contribution in [0.1, 0.15) is 6.92 Å². The van der Waals surface area contributed by atoms with E-state index in [1.165, 1.54) is 0 Å². The zero-order valence-corrected chi connectivity index (χ0v) is 10.4. The highest BCUT2D eigenvalue weighted by Gasteiger charge is 2.14. The van der Waals surface area contributed by atoms with Gasteiger partial charge < -0.3 is 5.11 Å². The van der Waals surface area contributed by atoms with Crippen molar-refractivity contribution >= 4 is 27.3 Å². The third-order valence-corrected chi connectivity index (χ3v) is 3.74. The van der Waals surface area contributed by atoms with Crippen LogP contribution in [0.3, 0.4) is 0 Å². The van der Waals surface area contributed by atoms with Gasteiger partial charge in [-0.2, -0.15) is 0 Å². The molecule has 0 radical (unpaired) electrons. The summed E-state index contributed by atoms with van der Waals surface area (Å²) in [6, 6.07) is 6.39. The lowest BCUT2D eigenvalue weighted by Gasteiger charge is -2.11. The number of nitrogens with one attached hydrogen (secondary N) is 1. The van der Waals surface area contributed by atoms with Crippen molar-refractivity contribution in [3.63, 3.8) is 0 Å². The highest BCUT2D eigenvalue weighted by molar-refractivity contribution is 7.92. The fraction of sp³-hybridized carbons (Fsp3) is 0.400. The van der Waals surface area contributed by atoms with Gasteiger partial charge in [-0.15, -0.1) is 0 Å². The highest BCUT2D eigenvalue weighted by Crippen LogP contribution is 2.15. The Balaban J connectivity index is 2.69. The van der Waals surface area contributed by atoms with Gasteiger partial charge in [0.25, 0.3) is 0 Å². The number of rotatable bonds is 5. The van der Waals surface area contributed by atoms with Crippen molar-refractivity contribution in [3.8, 4) is 0 Å². The predicted molar refractivity (Wildman–Crippen MR) is 65.1 cm³/mol. The summed E-state index contributed by atoms with van der Waals surface area (Å²) < 4.78 is 25.6. The van der Waals surface area contributed by atoms with Gasteiger partial charge in [0.1, 0.15) is 0 Å². The van der Waals surface area contributed by atoms with Gasteiger partial charge in [-0.05, 0) is 30.2 Å². The van der Waals surface area contributed by atoms with E-state index in [1.807, 2.05) is 0 Å². The number of hydrogen-bond acceptors (Lipinski definition) is 3. The van der Waals surface area contributed by atoms with Gasteiger partial charge in [-0.25, -0.2) is 8.42 Å². The summed E-state index contributed by atoms with van der Waals surface area (Å²) in [5.41, 5.74) is 0.467. The normalized spacial score (nSPS) is 13.4. The molecule has 0 aliphatic rings. The van der Waals surface area contributed by atoms with Crippen LogP contribution in [0.25, 0.3) is 0 Å². The summed E-state index contributed by atoms with van der Waals surface area (Å²) >= 11 is 5.68. The first-order valence-electron chi connectivity index (χ1n) is 4.80. The number of anilines is 1. The van der Waals surface area contributed by atoms with Crippen molar-refractivity contribution in [1.82, 2.24) is 0 Å². The Bertz CT molecular complexity index is 430. The quantitative estimate of drug-likeness (QED) is 0.850. The van der Waals surface area contributed by atoms with Gasteiger partial charge in [-0.3, -0.25) is 4.72 Å².